The molecule has 1 heterocycles. The quantitative estimate of drug-likeness (QED) is 0.567. The predicted molar refractivity (Wildman–Crippen MR) is 120 cm³/mol. The molecule has 8 heteroatoms. The molecule has 0 spiro atoms. The zero-order chi connectivity index (χ0) is 21.5. The van der Waals surface area contributed by atoms with E-state index in [2.05, 4.69) is 4.72 Å². The van der Waals surface area contributed by atoms with Crippen molar-refractivity contribution < 1.29 is 13.2 Å². The van der Waals surface area contributed by atoms with Crippen LogP contribution in [-0.2, 0) is 16.4 Å². The predicted octanol–water partition coefficient (Wildman–Crippen LogP) is 5.39. The van der Waals surface area contributed by atoms with E-state index >= 15 is 0 Å². The Hall–Kier alpha value is -2.54. The van der Waals surface area contributed by atoms with Gasteiger partial charge in [0, 0.05) is 17.3 Å². The maximum absolute atomic E-state index is 13.0. The Balaban J connectivity index is 1.63. The number of anilines is 2. The average molecular weight is 461 g/mol. The normalized spacial score (nSPS) is 15.7. The molecule has 3 aromatic rings. The Kier molecular flexibility index (Phi) is 5.49. The number of sulfonamides is 1. The van der Waals surface area contributed by atoms with Crippen LogP contribution in [0.1, 0.15) is 22.8 Å². The minimum atomic E-state index is -3.83. The van der Waals surface area contributed by atoms with Gasteiger partial charge >= 0.3 is 0 Å². The first kappa shape index (κ1) is 20.7. The minimum Gasteiger partial charge on any atom is -0.305 e. The van der Waals surface area contributed by atoms with E-state index in [4.69, 9.17) is 23.2 Å². The lowest BCUT2D eigenvalue weighted by molar-refractivity contribution is 0.0981. The van der Waals surface area contributed by atoms with E-state index in [1.54, 1.807) is 35.2 Å². The Labute approximate surface area is 185 Å². The van der Waals surface area contributed by atoms with Crippen molar-refractivity contribution in [3.63, 3.8) is 0 Å². The number of nitrogens with one attached hydrogen (secondary N) is 1. The van der Waals surface area contributed by atoms with Gasteiger partial charge in [0.1, 0.15) is 0 Å². The molecular weight excluding hydrogens is 443 g/mol. The summed E-state index contributed by atoms with van der Waals surface area (Å²) in [6.07, 6.45) is 0.573. The van der Waals surface area contributed by atoms with Crippen LogP contribution in [0.15, 0.2) is 71.6 Å². The maximum Gasteiger partial charge on any atom is 0.261 e. The first-order valence-corrected chi connectivity index (χ1v) is 11.5. The van der Waals surface area contributed by atoms with Gasteiger partial charge in [-0.25, -0.2) is 8.42 Å². The van der Waals surface area contributed by atoms with Gasteiger partial charge in [0.2, 0.25) is 0 Å². The van der Waals surface area contributed by atoms with Crippen LogP contribution in [0.4, 0.5) is 11.4 Å². The molecule has 0 fully saturated rings. The monoisotopic (exact) mass is 460 g/mol. The van der Waals surface area contributed by atoms with Crippen LogP contribution < -0.4 is 9.62 Å². The number of rotatable bonds is 4. The van der Waals surface area contributed by atoms with Gasteiger partial charge in [-0.2, -0.15) is 0 Å². The number of halogens is 2. The summed E-state index contributed by atoms with van der Waals surface area (Å²) in [5.41, 5.74) is 2.45. The van der Waals surface area contributed by atoms with Crippen LogP contribution in [0, 0.1) is 0 Å². The van der Waals surface area contributed by atoms with Gasteiger partial charge in [-0.3, -0.25) is 9.52 Å². The van der Waals surface area contributed by atoms with E-state index in [0.717, 1.165) is 11.3 Å². The molecule has 1 N–H and O–H groups in total. The molecular formula is C22H18Cl2N2O3S. The summed E-state index contributed by atoms with van der Waals surface area (Å²) in [7, 11) is -3.83. The van der Waals surface area contributed by atoms with E-state index in [1.165, 1.54) is 18.2 Å². The molecule has 0 bridgehead atoms. The summed E-state index contributed by atoms with van der Waals surface area (Å²) < 4.78 is 28.2. The molecule has 0 unspecified atom stereocenters. The summed E-state index contributed by atoms with van der Waals surface area (Å²) in [5.74, 6) is -0.105. The lowest BCUT2D eigenvalue weighted by Crippen LogP contribution is -2.35. The zero-order valence-electron chi connectivity index (χ0n) is 16.0. The third-order valence-corrected chi connectivity index (χ3v) is 7.11. The number of hydrogen-bond acceptors (Lipinski definition) is 3. The van der Waals surface area contributed by atoms with Crippen molar-refractivity contribution in [1.29, 1.82) is 0 Å². The van der Waals surface area contributed by atoms with E-state index in [1.807, 2.05) is 25.1 Å². The molecule has 0 radical (unpaired) electrons. The number of benzene rings is 3. The highest BCUT2D eigenvalue weighted by Crippen LogP contribution is 2.35. The smallest absolute Gasteiger partial charge is 0.261 e. The molecule has 0 saturated carbocycles. The summed E-state index contributed by atoms with van der Waals surface area (Å²) in [4.78, 5) is 14.8. The molecule has 0 aliphatic carbocycles. The third kappa shape index (κ3) is 3.90. The second kappa shape index (κ2) is 7.95. The average Bonchev–Trinajstić information content (AvgIpc) is 3.05. The Bertz CT molecular complexity index is 1230. The molecule has 154 valence electrons. The lowest BCUT2D eigenvalue weighted by Gasteiger charge is -2.23. The molecule has 1 amide bonds. The molecule has 3 aromatic carbocycles. The van der Waals surface area contributed by atoms with Gasteiger partial charge < -0.3 is 4.90 Å². The van der Waals surface area contributed by atoms with Crippen molar-refractivity contribution in [1.82, 2.24) is 0 Å². The molecule has 1 atom stereocenters. The van der Waals surface area contributed by atoms with Crippen molar-refractivity contribution in [2.45, 2.75) is 24.3 Å². The Morgan fingerprint density at radius 3 is 2.43 bits per heavy atom. The molecule has 1 aliphatic heterocycles. The largest absolute Gasteiger partial charge is 0.305 e. The Morgan fingerprint density at radius 2 is 1.73 bits per heavy atom. The van der Waals surface area contributed by atoms with Crippen molar-refractivity contribution in [2.24, 2.45) is 0 Å². The number of amides is 1. The van der Waals surface area contributed by atoms with E-state index in [0.29, 0.717) is 22.7 Å². The van der Waals surface area contributed by atoms with Crippen molar-refractivity contribution in [2.75, 3.05) is 9.62 Å². The molecule has 0 aromatic heterocycles. The minimum absolute atomic E-state index is 0.0753. The van der Waals surface area contributed by atoms with Crippen molar-refractivity contribution in [3.8, 4) is 0 Å². The fourth-order valence-electron chi connectivity index (χ4n) is 3.58. The van der Waals surface area contributed by atoms with Crippen LogP contribution in [0.25, 0.3) is 0 Å². The highest BCUT2D eigenvalue weighted by molar-refractivity contribution is 7.92. The van der Waals surface area contributed by atoms with Crippen LogP contribution >= 0.6 is 23.2 Å². The highest BCUT2D eigenvalue weighted by Gasteiger charge is 2.32. The van der Waals surface area contributed by atoms with Gasteiger partial charge in [0.15, 0.2) is 0 Å². The fraction of sp³-hybridized carbons (Fsp3) is 0.136. The topological polar surface area (TPSA) is 66.5 Å². The number of carbonyl (C=O) groups is 1. The summed E-state index contributed by atoms with van der Waals surface area (Å²) >= 11 is 11.9. The number of nitrogens with zero attached hydrogens (tertiary/aromatic N) is 1. The van der Waals surface area contributed by atoms with Crippen molar-refractivity contribution in [3.05, 3.63) is 87.9 Å². The fourth-order valence-corrected chi connectivity index (χ4v) is 4.98. The van der Waals surface area contributed by atoms with E-state index in [-0.39, 0.29) is 21.9 Å². The van der Waals surface area contributed by atoms with Gasteiger partial charge in [-0.05, 0) is 67.4 Å². The van der Waals surface area contributed by atoms with Crippen LogP contribution in [-0.4, -0.2) is 20.4 Å². The molecule has 0 saturated heterocycles. The second-order valence-corrected chi connectivity index (χ2v) is 9.62. The number of fused-ring (bicyclic) bond motifs is 1. The van der Waals surface area contributed by atoms with Crippen LogP contribution in [0.2, 0.25) is 10.0 Å². The van der Waals surface area contributed by atoms with Gasteiger partial charge in [-0.15, -0.1) is 0 Å². The zero-order valence-corrected chi connectivity index (χ0v) is 18.3. The second-order valence-electron chi connectivity index (χ2n) is 7.12. The van der Waals surface area contributed by atoms with Gasteiger partial charge in [0.05, 0.1) is 20.6 Å². The van der Waals surface area contributed by atoms with Gasteiger partial charge in [0.25, 0.3) is 15.9 Å². The molecule has 4 rings (SSSR count). The molecule has 5 nitrogen and oxygen atoms in total. The van der Waals surface area contributed by atoms with Crippen LogP contribution in [0.5, 0.6) is 0 Å². The maximum atomic E-state index is 13.0. The number of carbonyl (C=O) groups excluding carboxylic acids is 1. The van der Waals surface area contributed by atoms with E-state index in [9.17, 15) is 13.2 Å². The Morgan fingerprint density at radius 1 is 1.00 bits per heavy atom. The number of hydrogen-bond donors (Lipinski definition) is 1. The summed E-state index contributed by atoms with van der Waals surface area (Å²) in [6, 6.07) is 18.3. The molecule has 1 aliphatic rings. The molecule has 30 heavy (non-hydrogen) atoms. The van der Waals surface area contributed by atoms with Crippen LogP contribution in [0.3, 0.4) is 0 Å². The highest BCUT2D eigenvalue weighted by atomic mass is 35.5. The van der Waals surface area contributed by atoms with Gasteiger partial charge in [-0.1, -0.05) is 41.4 Å². The lowest BCUT2D eigenvalue weighted by atomic mass is 10.1. The third-order valence-electron chi connectivity index (χ3n) is 4.99. The first-order chi connectivity index (χ1) is 14.3. The van der Waals surface area contributed by atoms with E-state index < -0.39 is 10.0 Å². The standard InChI is InChI=1S/C22H18Cl2N2O3S/c1-14-11-16-12-18(30(28,29)25-17-7-9-19(23)20(24)13-17)8-10-21(16)26(14)22(27)15-5-3-2-4-6-15/h2-10,12-14,25H,11H2,1H3/t14-/m0/s1. The SMILES string of the molecule is C[C@H]1Cc2cc(S(=O)(=O)Nc3ccc(Cl)c(Cl)c3)ccc2N1C(=O)c1ccccc1. The summed E-state index contributed by atoms with van der Waals surface area (Å²) in [5, 5.41) is 0.601. The van der Waals surface area contributed by atoms with Crippen molar-refractivity contribution >= 4 is 50.5 Å². The summed E-state index contributed by atoms with van der Waals surface area (Å²) in [6.45, 7) is 1.95. The first-order valence-electron chi connectivity index (χ1n) is 9.25.